The number of hydrogen-bond acceptors (Lipinski definition) is 3. The van der Waals surface area contributed by atoms with Gasteiger partial charge in [0, 0.05) is 56.2 Å². The molecule has 7 heteroatoms. The van der Waals surface area contributed by atoms with E-state index in [9.17, 15) is 14.4 Å². The second-order valence-corrected chi connectivity index (χ2v) is 6.66. The standard InChI is InChI=1S/C20H24N4O3/c1-15(25)22-18-6-2-5-16(13-18)20(27)24-10-4-9-23(11-12-24)19(26)14-17-7-3-8-21-17/h2-3,5-8,13,21H,4,9-12,14H2,1H3,(H,22,25). The predicted octanol–water partition coefficient (Wildman–Crippen LogP) is 1.89. The molecule has 7 nitrogen and oxygen atoms in total. The Hall–Kier alpha value is -3.09. The molecule has 0 bridgehead atoms. The van der Waals surface area contributed by atoms with Gasteiger partial charge < -0.3 is 20.1 Å². The van der Waals surface area contributed by atoms with E-state index in [1.165, 1.54) is 6.92 Å². The maximum absolute atomic E-state index is 12.8. The lowest BCUT2D eigenvalue weighted by Gasteiger charge is -2.22. The van der Waals surface area contributed by atoms with Gasteiger partial charge in [-0.2, -0.15) is 0 Å². The van der Waals surface area contributed by atoms with Gasteiger partial charge in [-0.25, -0.2) is 0 Å². The minimum Gasteiger partial charge on any atom is -0.365 e. The Morgan fingerprint density at radius 1 is 1.04 bits per heavy atom. The van der Waals surface area contributed by atoms with E-state index in [4.69, 9.17) is 0 Å². The van der Waals surface area contributed by atoms with Gasteiger partial charge in [0.05, 0.1) is 6.42 Å². The van der Waals surface area contributed by atoms with E-state index < -0.39 is 0 Å². The number of aromatic amines is 1. The first-order chi connectivity index (χ1) is 13.0. The number of carbonyl (C=O) groups excluding carboxylic acids is 3. The van der Waals surface area contributed by atoms with Crippen LogP contribution in [0.5, 0.6) is 0 Å². The maximum Gasteiger partial charge on any atom is 0.253 e. The molecule has 2 N–H and O–H groups in total. The number of nitrogens with one attached hydrogen (secondary N) is 2. The molecule has 1 aliphatic heterocycles. The van der Waals surface area contributed by atoms with Gasteiger partial charge in [-0.1, -0.05) is 6.07 Å². The number of benzene rings is 1. The zero-order chi connectivity index (χ0) is 19.2. The fourth-order valence-electron chi connectivity index (χ4n) is 3.24. The van der Waals surface area contributed by atoms with Crippen molar-refractivity contribution in [2.45, 2.75) is 19.8 Å². The highest BCUT2D eigenvalue weighted by Gasteiger charge is 2.23. The van der Waals surface area contributed by atoms with Gasteiger partial charge >= 0.3 is 0 Å². The molecule has 1 aromatic carbocycles. The lowest BCUT2D eigenvalue weighted by molar-refractivity contribution is -0.130. The molecule has 1 aromatic heterocycles. The Bertz CT molecular complexity index is 816. The molecule has 1 aliphatic rings. The van der Waals surface area contributed by atoms with Gasteiger partial charge in [0.15, 0.2) is 0 Å². The molecule has 2 heterocycles. The zero-order valence-corrected chi connectivity index (χ0v) is 15.4. The minimum absolute atomic E-state index is 0.0689. The van der Waals surface area contributed by atoms with Gasteiger partial charge in [-0.05, 0) is 36.8 Å². The third kappa shape index (κ3) is 4.97. The maximum atomic E-state index is 12.8. The van der Waals surface area contributed by atoms with Crippen LogP contribution in [0, 0.1) is 0 Å². The Balaban J connectivity index is 1.61. The molecule has 1 saturated heterocycles. The van der Waals surface area contributed by atoms with Crippen LogP contribution < -0.4 is 5.32 Å². The first-order valence-corrected chi connectivity index (χ1v) is 9.10. The van der Waals surface area contributed by atoms with Crippen molar-refractivity contribution in [3.63, 3.8) is 0 Å². The summed E-state index contributed by atoms with van der Waals surface area (Å²) in [6.45, 7) is 3.71. The molecule has 1 fully saturated rings. The molecule has 0 saturated carbocycles. The van der Waals surface area contributed by atoms with Crippen molar-refractivity contribution in [3.05, 3.63) is 53.9 Å². The molecule has 0 unspecified atom stereocenters. The predicted molar refractivity (Wildman–Crippen MR) is 102 cm³/mol. The summed E-state index contributed by atoms with van der Waals surface area (Å²) >= 11 is 0. The van der Waals surface area contributed by atoms with Crippen molar-refractivity contribution in [3.8, 4) is 0 Å². The summed E-state index contributed by atoms with van der Waals surface area (Å²) in [5, 5.41) is 2.69. The number of nitrogens with zero attached hydrogens (tertiary/aromatic N) is 2. The topological polar surface area (TPSA) is 85.5 Å². The molecule has 27 heavy (non-hydrogen) atoms. The summed E-state index contributed by atoms with van der Waals surface area (Å²) in [4.78, 5) is 43.2. The van der Waals surface area contributed by atoms with Crippen LogP contribution in [0.25, 0.3) is 0 Å². The average molecular weight is 368 g/mol. The Morgan fingerprint density at radius 2 is 1.81 bits per heavy atom. The van der Waals surface area contributed by atoms with Crippen molar-refractivity contribution in [1.29, 1.82) is 0 Å². The van der Waals surface area contributed by atoms with Crippen LogP contribution in [0.4, 0.5) is 5.69 Å². The highest BCUT2D eigenvalue weighted by molar-refractivity contribution is 5.96. The number of carbonyl (C=O) groups is 3. The fourth-order valence-corrected chi connectivity index (χ4v) is 3.24. The van der Waals surface area contributed by atoms with Gasteiger partial charge in [0.25, 0.3) is 5.91 Å². The van der Waals surface area contributed by atoms with Gasteiger partial charge in [-0.15, -0.1) is 0 Å². The molecule has 0 atom stereocenters. The van der Waals surface area contributed by atoms with Gasteiger partial charge in [0.2, 0.25) is 11.8 Å². The summed E-state index contributed by atoms with van der Waals surface area (Å²) in [6, 6.07) is 10.7. The smallest absolute Gasteiger partial charge is 0.253 e. The summed E-state index contributed by atoms with van der Waals surface area (Å²) < 4.78 is 0. The number of rotatable bonds is 4. The largest absolute Gasteiger partial charge is 0.365 e. The van der Waals surface area contributed by atoms with E-state index in [1.54, 1.807) is 35.4 Å². The van der Waals surface area contributed by atoms with Gasteiger partial charge in [-0.3, -0.25) is 14.4 Å². The van der Waals surface area contributed by atoms with Crippen molar-refractivity contribution in [1.82, 2.24) is 14.8 Å². The number of H-pyrrole nitrogens is 1. The van der Waals surface area contributed by atoms with Crippen LogP contribution >= 0.6 is 0 Å². The lowest BCUT2D eigenvalue weighted by atomic mass is 10.1. The van der Waals surface area contributed by atoms with E-state index in [0.717, 1.165) is 12.1 Å². The minimum atomic E-state index is -0.175. The SMILES string of the molecule is CC(=O)Nc1cccc(C(=O)N2CCCN(C(=O)Cc3ccc[nH]3)CC2)c1. The quantitative estimate of drug-likeness (QED) is 0.864. The van der Waals surface area contributed by atoms with E-state index in [0.29, 0.717) is 43.9 Å². The highest BCUT2D eigenvalue weighted by atomic mass is 16.2. The number of aromatic nitrogens is 1. The molecule has 3 amide bonds. The van der Waals surface area contributed by atoms with E-state index >= 15 is 0 Å². The van der Waals surface area contributed by atoms with Gasteiger partial charge in [0.1, 0.15) is 0 Å². The average Bonchev–Trinajstić information content (AvgIpc) is 3.02. The fraction of sp³-hybridized carbons (Fsp3) is 0.350. The Morgan fingerprint density at radius 3 is 2.56 bits per heavy atom. The van der Waals surface area contributed by atoms with E-state index in [1.807, 2.05) is 17.0 Å². The molecular formula is C20H24N4O3. The summed E-state index contributed by atoms with van der Waals surface area (Å²) in [6.07, 6.45) is 2.90. The van der Waals surface area contributed by atoms with E-state index in [-0.39, 0.29) is 17.7 Å². The van der Waals surface area contributed by atoms with Crippen molar-refractivity contribution in [2.24, 2.45) is 0 Å². The van der Waals surface area contributed by atoms with Crippen LogP contribution in [0.1, 0.15) is 29.4 Å². The Kier molecular flexibility index (Phi) is 5.90. The number of amides is 3. The number of hydrogen-bond donors (Lipinski definition) is 2. The van der Waals surface area contributed by atoms with Crippen LogP contribution in [-0.2, 0) is 16.0 Å². The van der Waals surface area contributed by atoms with Crippen LogP contribution in [0.15, 0.2) is 42.6 Å². The van der Waals surface area contributed by atoms with Crippen molar-refractivity contribution >= 4 is 23.4 Å². The molecule has 0 aliphatic carbocycles. The second kappa shape index (κ2) is 8.53. The summed E-state index contributed by atoms with van der Waals surface area (Å²) in [5.74, 6) is -0.189. The van der Waals surface area contributed by atoms with Crippen LogP contribution in [-0.4, -0.2) is 58.7 Å². The van der Waals surface area contributed by atoms with Crippen LogP contribution in [0.3, 0.4) is 0 Å². The molecule has 2 aromatic rings. The first kappa shape index (κ1) is 18.7. The monoisotopic (exact) mass is 368 g/mol. The van der Waals surface area contributed by atoms with Crippen molar-refractivity contribution in [2.75, 3.05) is 31.5 Å². The normalized spacial score (nSPS) is 14.6. The second-order valence-electron chi connectivity index (χ2n) is 6.66. The van der Waals surface area contributed by atoms with Crippen LogP contribution in [0.2, 0.25) is 0 Å². The summed E-state index contributed by atoms with van der Waals surface area (Å²) in [5.41, 5.74) is 2.03. The third-order valence-corrected chi connectivity index (χ3v) is 4.57. The van der Waals surface area contributed by atoms with Crippen molar-refractivity contribution < 1.29 is 14.4 Å². The first-order valence-electron chi connectivity index (χ1n) is 9.10. The molecule has 142 valence electrons. The highest BCUT2D eigenvalue weighted by Crippen LogP contribution is 2.15. The Labute approximate surface area is 158 Å². The number of anilines is 1. The van der Waals surface area contributed by atoms with E-state index in [2.05, 4.69) is 10.3 Å². The zero-order valence-electron chi connectivity index (χ0n) is 15.4. The molecule has 0 spiro atoms. The molecule has 3 rings (SSSR count). The molecular weight excluding hydrogens is 344 g/mol. The third-order valence-electron chi connectivity index (χ3n) is 4.57. The summed E-state index contributed by atoms with van der Waals surface area (Å²) in [7, 11) is 0. The lowest BCUT2D eigenvalue weighted by Crippen LogP contribution is -2.38. The molecule has 0 radical (unpaired) electrons.